The van der Waals surface area contributed by atoms with Crippen LogP contribution in [-0.4, -0.2) is 43.2 Å². The van der Waals surface area contributed by atoms with Crippen molar-refractivity contribution in [3.63, 3.8) is 0 Å². The summed E-state index contributed by atoms with van der Waals surface area (Å²) in [5.41, 5.74) is 3.90. The molecule has 7 heteroatoms. The summed E-state index contributed by atoms with van der Waals surface area (Å²) in [7, 11) is 0. The Bertz CT molecular complexity index is 1160. The molecule has 7 nitrogen and oxygen atoms in total. The van der Waals surface area contributed by atoms with Crippen molar-refractivity contribution in [2.45, 2.75) is 77.8 Å². The van der Waals surface area contributed by atoms with Crippen LogP contribution in [0.2, 0.25) is 0 Å². The number of rotatable bonds is 4. The number of aromatic amines is 1. The molecule has 3 heterocycles. The van der Waals surface area contributed by atoms with Crippen LogP contribution in [0.1, 0.15) is 86.5 Å². The van der Waals surface area contributed by atoms with Gasteiger partial charge < -0.3 is 4.98 Å². The standard InChI is InChI=1S/C25H34N6O/c1-16-8-7-13-30(15-16)23(24-27-28-29-31(24)19-9-5-4-6-10-19)21-14-20-17(2)11-12-18(3)22(20)26-25(21)32/h11-12,14,16,19,23H,4-10,13,15H2,1-3H3,(H,26,32). The van der Waals surface area contributed by atoms with Crippen LogP contribution in [0.5, 0.6) is 0 Å². The summed E-state index contributed by atoms with van der Waals surface area (Å²) in [6, 6.07) is 6.38. The van der Waals surface area contributed by atoms with Gasteiger partial charge in [0, 0.05) is 17.5 Å². The van der Waals surface area contributed by atoms with Gasteiger partial charge in [-0.2, -0.15) is 0 Å². The average Bonchev–Trinajstić information content (AvgIpc) is 3.27. The summed E-state index contributed by atoms with van der Waals surface area (Å²) in [5, 5.41) is 14.2. The maximum atomic E-state index is 13.5. The SMILES string of the molecule is Cc1ccc(C)c2[nH]c(=O)c(C(c3nnnn3C3CCCCC3)N3CCCC(C)C3)cc12. The number of hydrogen-bond donors (Lipinski definition) is 1. The van der Waals surface area contributed by atoms with Crippen LogP contribution in [0.25, 0.3) is 10.9 Å². The zero-order chi connectivity index (χ0) is 22.2. The second-order valence-electron chi connectivity index (χ2n) is 9.96. The molecule has 0 amide bonds. The number of benzene rings is 1. The first-order valence-electron chi connectivity index (χ1n) is 12.2. The van der Waals surface area contributed by atoms with Crippen molar-refractivity contribution >= 4 is 10.9 Å². The van der Waals surface area contributed by atoms with Gasteiger partial charge in [-0.05, 0) is 79.6 Å². The number of hydrogen-bond acceptors (Lipinski definition) is 5. The Kier molecular flexibility index (Phi) is 5.84. The highest BCUT2D eigenvalue weighted by Crippen LogP contribution is 2.35. The van der Waals surface area contributed by atoms with E-state index < -0.39 is 0 Å². The minimum atomic E-state index is -0.234. The highest BCUT2D eigenvalue weighted by atomic mass is 16.1. The molecule has 0 spiro atoms. The third-order valence-corrected chi connectivity index (χ3v) is 7.50. The van der Waals surface area contributed by atoms with Crippen LogP contribution >= 0.6 is 0 Å². The predicted octanol–water partition coefficient (Wildman–Crippen LogP) is 4.46. The summed E-state index contributed by atoms with van der Waals surface area (Å²) < 4.78 is 2.04. The van der Waals surface area contributed by atoms with E-state index >= 15 is 0 Å². The van der Waals surface area contributed by atoms with Crippen molar-refractivity contribution in [2.24, 2.45) is 5.92 Å². The Morgan fingerprint density at radius 2 is 1.84 bits per heavy atom. The molecule has 1 aromatic carbocycles. The Morgan fingerprint density at radius 1 is 1.06 bits per heavy atom. The molecule has 2 atom stereocenters. The van der Waals surface area contributed by atoms with Crippen LogP contribution < -0.4 is 5.56 Å². The smallest absolute Gasteiger partial charge is 0.253 e. The Morgan fingerprint density at radius 3 is 2.62 bits per heavy atom. The number of H-pyrrole nitrogens is 1. The number of fused-ring (bicyclic) bond motifs is 1. The van der Waals surface area contributed by atoms with Crippen molar-refractivity contribution in [3.05, 3.63) is 51.1 Å². The number of pyridine rings is 1. The number of nitrogens with zero attached hydrogens (tertiary/aromatic N) is 5. The fraction of sp³-hybridized carbons (Fsp3) is 0.600. The lowest BCUT2D eigenvalue weighted by atomic mass is 9.93. The van der Waals surface area contributed by atoms with Gasteiger partial charge in [0.15, 0.2) is 5.82 Å². The molecular weight excluding hydrogens is 400 g/mol. The second kappa shape index (κ2) is 8.77. The molecule has 32 heavy (non-hydrogen) atoms. The van der Waals surface area contributed by atoms with E-state index in [1.807, 2.05) is 11.6 Å². The number of nitrogens with one attached hydrogen (secondary N) is 1. The van der Waals surface area contributed by atoms with Crippen molar-refractivity contribution in [1.29, 1.82) is 0 Å². The van der Waals surface area contributed by atoms with Gasteiger partial charge in [-0.1, -0.05) is 38.3 Å². The zero-order valence-electron chi connectivity index (χ0n) is 19.5. The van der Waals surface area contributed by atoms with Gasteiger partial charge in [0.25, 0.3) is 5.56 Å². The molecule has 1 aliphatic carbocycles. The molecule has 170 valence electrons. The highest BCUT2D eigenvalue weighted by Gasteiger charge is 2.34. The minimum Gasteiger partial charge on any atom is -0.321 e. The molecule has 2 aromatic heterocycles. The first-order valence-corrected chi connectivity index (χ1v) is 12.2. The maximum Gasteiger partial charge on any atom is 0.253 e. The quantitative estimate of drug-likeness (QED) is 0.656. The van der Waals surface area contributed by atoms with Crippen molar-refractivity contribution < 1.29 is 0 Å². The minimum absolute atomic E-state index is 0.0346. The van der Waals surface area contributed by atoms with E-state index in [0.29, 0.717) is 12.0 Å². The van der Waals surface area contributed by atoms with Gasteiger partial charge in [0.05, 0.1) is 11.6 Å². The average molecular weight is 435 g/mol. The van der Waals surface area contributed by atoms with Crippen LogP contribution in [0.15, 0.2) is 23.0 Å². The van der Waals surface area contributed by atoms with E-state index in [0.717, 1.165) is 60.2 Å². The topological polar surface area (TPSA) is 79.7 Å². The normalized spacial score (nSPS) is 21.8. The largest absolute Gasteiger partial charge is 0.321 e. The third-order valence-electron chi connectivity index (χ3n) is 7.50. The lowest BCUT2D eigenvalue weighted by molar-refractivity contribution is 0.138. The molecule has 1 saturated carbocycles. The van der Waals surface area contributed by atoms with Gasteiger partial charge in [-0.3, -0.25) is 9.69 Å². The van der Waals surface area contributed by atoms with Crippen molar-refractivity contribution in [2.75, 3.05) is 13.1 Å². The van der Waals surface area contributed by atoms with Crippen LogP contribution in [-0.2, 0) is 0 Å². The molecule has 1 N–H and O–H groups in total. The van der Waals surface area contributed by atoms with Crippen LogP contribution in [0.3, 0.4) is 0 Å². The summed E-state index contributed by atoms with van der Waals surface area (Å²) in [6.07, 6.45) is 8.27. The number of piperidine rings is 1. The van der Waals surface area contributed by atoms with Gasteiger partial charge >= 0.3 is 0 Å². The fourth-order valence-corrected chi connectivity index (χ4v) is 5.72. The summed E-state index contributed by atoms with van der Waals surface area (Å²) >= 11 is 0. The Hall–Kier alpha value is -2.54. The molecule has 3 aromatic rings. The van der Waals surface area contributed by atoms with E-state index in [2.05, 4.69) is 57.5 Å². The first-order chi connectivity index (χ1) is 15.5. The predicted molar refractivity (Wildman–Crippen MR) is 126 cm³/mol. The molecule has 2 unspecified atom stereocenters. The van der Waals surface area contributed by atoms with E-state index in [4.69, 9.17) is 0 Å². The Labute approximate surface area is 189 Å². The first kappa shape index (κ1) is 21.3. The molecule has 5 rings (SSSR count). The lowest BCUT2D eigenvalue weighted by Crippen LogP contribution is -2.41. The maximum absolute atomic E-state index is 13.5. The number of tetrazole rings is 1. The summed E-state index contributed by atoms with van der Waals surface area (Å²) in [5.74, 6) is 1.41. The third kappa shape index (κ3) is 3.87. The summed E-state index contributed by atoms with van der Waals surface area (Å²) in [6.45, 7) is 8.35. The van der Waals surface area contributed by atoms with Gasteiger partial charge in [-0.15, -0.1) is 5.10 Å². The number of aromatic nitrogens is 5. The van der Waals surface area contributed by atoms with E-state index in [-0.39, 0.29) is 11.6 Å². The van der Waals surface area contributed by atoms with Gasteiger partial charge in [0.1, 0.15) is 6.04 Å². The molecule has 1 saturated heterocycles. The van der Waals surface area contributed by atoms with Crippen LogP contribution in [0, 0.1) is 19.8 Å². The van der Waals surface area contributed by atoms with E-state index in [1.165, 1.54) is 31.2 Å². The van der Waals surface area contributed by atoms with E-state index in [1.54, 1.807) is 0 Å². The molecule has 2 aliphatic rings. The molecule has 1 aliphatic heterocycles. The number of aryl methyl sites for hydroxylation is 2. The molecule has 0 bridgehead atoms. The Balaban J connectivity index is 1.67. The monoisotopic (exact) mass is 434 g/mol. The fourth-order valence-electron chi connectivity index (χ4n) is 5.72. The second-order valence-corrected chi connectivity index (χ2v) is 9.96. The van der Waals surface area contributed by atoms with Crippen LogP contribution in [0.4, 0.5) is 0 Å². The van der Waals surface area contributed by atoms with Gasteiger partial charge in [0.2, 0.25) is 0 Å². The van der Waals surface area contributed by atoms with Gasteiger partial charge in [-0.25, -0.2) is 4.68 Å². The zero-order valence-corrected chi connectivity index (χ0v) is 19.5. The molecule has 0 radical (unpaired) electrons. The lowest BCUT2D eigenvalue weighted by Gasteiger charge is -2.37. The van der Waals surface area contributed by atoms with Crippen molar-refractivity contribution in [1.82, 2.24) is 30.1 Å². The van der Waals surface area contributed by atoms with E-state index in [9.17, 15) is 4.79 Å². The van der Waals surface area contributed by atoms with Crippen molar-refractivity contribution in [3.8, 4) is 0 Å². The number of likely N-dealkylation sites (tertiary alicyclic amines) is 1. The molecule has 2 fully saturated rings. The highest BCUT2D eigenvalue weighted by molar-refractivity contribution is 5.85. The molecular formula is C25H34N6O. The summed E-state index contributed by atoms with van der Waals surface area (Å²) in [4.78, 5) is 19.1.